The predicted molar refractivity (Wildman–Crippen MR) is 73.5 cm³/mol. The van der Waals surface area contributed by atoms with E-state index in [0.29, 0.717) is 12.5 Å². The standard InChI is InChI=1S/C15H22N2/c1-13(2)11-17(3)12-15-7-4-6-14(10-15)8-5-9-16/h4,6-7,10,13H,9,11-12,16H2,1-3H3. The average Bonchev–Trinajstić information content (AvgIpc) is 2.25. The van der Waals surface area contributed by atoms with Gasteiger partial charge in [-0.05, 0) is 30.7 Å². The summed E-state index contributed by atoms with van der Waals surface area (Å²) in [6.45, 7) is 6.96. The zero-order valence-corrected chi connectivity index (χ0v) is 11.0. The zero-order valence-electron chi connectivity index (χ0n) is 11.0. The molecule has 0 aliphatic carbocycles. The minimum Gasteiger partial charge on any atom is -0.320 e. The Balaban J connectivity index is 2.65. The maximum atomic E-state index is 5.37. The predicted octanol–water partition coefficient (Wildman–Crippen LogP) is 2.08. The molecule has 1 aromatic rings. The van der Waals surface area contributed by atoms with E-state index in [1.165, 1.54) is 5.56 Å². The van der Waals surface area contributed by atoms with Gasteiger partial charge >= 0.3 is 0 Å². The van der Waals surface area contributed by atoms with Crippen LogP contribution in [0.2, 0.25) is 0 Å². The van der Waals surface area contributed by atoms with Crippen LogP contribution in [0.3, 0.4) is 0 Å². The van der Waals surface area contributed by atoms with Crippen LogP contribution in [0.5, 0.6) is 0 Å². The summed E-state index contributed by atoms with van der Waals surface area (Å²) in [6.07, 6.45) is 0. The van der Waals surface area contributed by atoms with E-state index in [9.17, 15) is 0 Å². The topological polar surface area (TPSA) is 29.3 Å². The van der Waals surface area contributed by atoms with Crippen molar-refractivity contribution < 1.29 is 0 Å². The summed E-state index contributed by atoms with van der Waals surface area (Å²) in [4.78, 5) is 2.33. The lowest BCUT2D eigenvalue weighted by Gasteiger charge is -2.18. The van der Waals surface area contributed by atoms with Gasteiger partial charge in [0.1, 0.15) is 0 Å². The zero-order chi connectivity index (χ0) is 12.7. The number of hydrogen-bond donors (Lipinski definition) is 1. The molecule has 17 heavy (non-hydrogen) atoms. The number of rotatable bonds is 4. The molecule has 0 heterocycles. The molecule has 0 atom stereocenters. The summed E-state index contributed by atoms with van der Waals surface area (Å²) < 4.78 is 0. The van der Waals surface area contributed by atoms with Gasteiger partial charge in [-0.1, -0.05) is 37.8 Å². The molecule has 92 valence electrons. The van der Waals surface area contributed by atoms with E-state index in [2.05, 4.69) is 55.8 Å². The first-order chi connectivity index (χ1) is 8.11. The van der Waals surface area contributed by atoms with E-state index in [4.69, 9.17) is 5.73 Å². The van der Waals surface area contributed by atoms with Crippen molar-refractivity contribution in [2.45, 2.75) is 20.4 Å². The average molecular weight is 230 g/mol. The monoisotopic (exact) mass is 230 g/mol. The fourth-order valence-corrected chi connectivity index (χ4v) is 1.90. The van der Waals surface area contributed by atoms with Crippen molar-refractivity contribution in [2.24, 2.45) is 11.7 Å². The van der Waals surface area contributed by atoms with Gasteiger partial charge in [0.15, 0.2) is 0 Å². The number of benzene rings is 1. The molecule has 0 aliphatic rings. The molecule has 0 aliphatic heterocycles. The smallest absolute Gasteiger partial charge is 0.0555 e. The summed E-state index contributed by atoms with van der Waals surface area (Å²) in [5, 5.41) is 0. The van der Waals surface area contributed by atoms with Crippen LogP contribution in [-0.2, 0) is 6.54 Å². The lowest BCUT2D eigenvalue weighted by Crippen LogP contribution is -2.22. The summed E-state index contributed by atoms with van der Waals surface area (Å²) in [5.74, 6) is 6.64. The van der Waals surface area contributed by atoms with E-state index in [1.54, 1.807) is 0 Å². The SMILES string of the molecule is CC(C)CN(C)Cc1cccc(C#CCN)c1. The van der Waals surface area contributed by atoms with Crippen LogP contribution >= 0.6 is 0 Å². The quantitative estimate of drug-likeness (QED) is 0.803. The molecule has 2 N–H and O–H groups in total. The highest BCUT2D eigenvalue weighted by Gasteiger charge is 2.02. The molecule has 0 saturated carbocycles. The van der Waals surface area contributed by atoms with Crippen LogP contribution in [0.4, 0.5) is 0 Å². The number of nitrogens with zero attached hydrogens (tertiary/aromatic N) is 1. The third kappa shape index (κ3) is 5.53. The highest BCUT2D eigenvalue weighted by Crippen LogP contribution is 2.08. The Morgan fingerprint density at radius 1 is 1.35 bits per heavy atom. The first-order valence-electron chi connectivity index (χ1n) is 6.08. The van der Waals surface area contributed by atoms with Crippen molar-refractivity contribution in [2.75, 3.05) is 20.1 Å². The molecule has 2 heteroatoms. The van der Waals surface area contributed by atoms with Crippen molar-refractivity contribution >= 4 is 0 Å². The van der Waals surface area contributed by atoms with E-state index >= 15 is 0 Å². The lowest BCUT2D eigenvalue weighted by atomic mass is 10.1. The van der Waals surface area contributed by atoms with Crippen molar-refractivity contribution in [1.29, 1.82) is 0 Å². The Hall–Kier alpha value is -1.30. The molecule has 0 unspecified atom stereocenters. The Kier molecular flexibility index (Phi) is 5.76. The molecule has 1 rings (SSSR count). The largest absolute Gasteiger partial charge is 0.320 e. The van der Waals surface area contributed by atoms with Gasteiger partial charge in [-0.15, -0.1) is 0 Å². The normalized spacial score (nSPS) is 10.5. The fraction of sp³-hybridized carbons (Fsp3) is 0.467. The first-order valence-corrected chi connectivity index (χ1v) is 6.08. The summed E-state index contributed by atoms with van der Waals surface area (Å²) >= 11 is 0. The van der Waals surface area contributed by atoms with E-state index in [-0.39, 0.29) is 0 Å². The summed E-state index contributed by atoms with van der Waals surface area (Å²) in [7, 11) is 2.15. The summed E-state index contributed by atoms with van der Waals surface area (Å²) in [5.41, 5.74) is 7.72. The minimum absolute atomic E-state index is 0.414. The second-order valence-corrected chi connectivity index (χ2v) is 4.80. The van der Waals surface area contributed by atoms with E-state index < -0.39 is 0 Å². The third-order valence-electron chi connectivity index (χ3n) is 2.39. The van der Waals surface area contributed by atoms with Crippen LogP contribution in [0, 0.1) is 17.8 Å². The van der Waals surface area contributed by atoms with E-state index in [1.807, 2.05) is 6.07 Å². The van der Waals surface area contributed by atoms with Crippen LogP contribution in [-0.4, -0.2) is 25.0 Å². The van der Waals surface area contributed by atoms with Gasteiger partial charge in [-0.2, -0.15) is 0 Å². The van der Waals surface area contributed by atoms with Crippen molar-refractivity contribution in [3.63, 3.8) is 0 Å². The molecule has 0 bridgehead atoms. The second kappa shape index (κ2) is 7.11. The maximum absolute atomic E-state index is 5.37. The number of nitrogens with two attached hydrogens (primary N) is 1. The highest BCUT2D eigenvalue weighted by molar-refractivity contribution is 5.37. The molecule has 0 aromatic heterocycles. The minimum atomic E-state index is 0.414. The summed E-state index contributed by atoms with van der Waals surface area (Å²) in [6, 6.07) is 8.36. The highest BCUT2D eigenvalue weighted by atomic mass is 15.1. The Labute approximate surface area is 105 Å². The molecule has 0 radical (unpaired) electrons. The van der Waals surface area contributed by atoms with Gasteiger partial charge in [0.2, 0.25) is 0 Å². The number of hydrogen-bond acceptors (Lipinski definition) is 2. The van der Waals surface area contributed by atoms with Gasteiger partial charge in [0.25, 0.3) is 0 Å². The molecule has 0 amide bonds. The van der Waals surface area contributed by atoms with Crippen molar-refractivity contribution in [3.05, 3.63) is 35.4 Å². The van der Waals surface area contributed by atoms with Crippen LogP contribution < -0.4 is 5.73 Å². The second-order valence-electron chi connectivity index (χ2n) is 4.80. The first kappa shape index (κ1) is 13.8. The van der Waals surface area contributed by atoms with Crippen LogP contribution in [0.25, 0.3) is 0 Å². The Morgan fingerprint density at radius 3 is 2.76 bits per heavy atom. The van der Waals surface area contributed by atoms with Crippen LogP contribution in [0.15, 0.2) is 24.3 Å². The molecule has 0 fully saturated rings. The fourth-order valence-electron chi connectivity index (χ4n) is 1.90. The molecular weight excluding hydrogens is 208 g/mol. The van der Waals surface area contributed by atoms with Gasteiger partial charge in [-0.25, -0.2) is 0 Å². The van der Waals surface area contributed by atoms with Crippen LogP contribution in [0.1, 0.15) is 25.0 Å². The molecule has 0 saturated heterocycles. The van der Waals surface area contributed by atoms with Gasteiger partial charge in [0.05, 0.1) is 6.54 Å². The van der Waals surface area contributed by atoms with Gasteiger partial charge < -0.3 is 10.6 Å². The molecular formula is C15H22N2. The maximum Gasteiger partial charge on any atom is 0.0555 e. The molecule has 1 aromatic carbocycles. The van der Waals surface area contributed by atoms with Crippen molar-refractivity contribution in [3.8, 4) is 11.8 Å². The Bertz CT molecular complexity index is 399. The third-order valence-corrected chi connectivity index (χ3v) is 2.39. The van der Waals surface area contributed by atoms with Gasteiger partial charge in [0, 0.05) is 18.7 Å². The van der Waals surface area contributed by atoms with Crippen molar-refractivity contribution in [1.82, 2.24) is 4.90 Å². The van der Waals surface area contributed by atoms with E-state index in [0.717, 1.165) is 18.7 Å². The molecule has 0 spiro atoms. The molecule has 2 nitrogen and oxygen atoms in total. The van der Waals surface area contributed by atoms with Gasteiger partial charge in [-0.3, -0.25) is 0 Å². The Morgan fingerprint density at radius 2 is 2.12 bits per heavy atom. The lowest BCUT2D eigenvalue weighted by molar-refractivity contribution is 0.288.